The van der Waals surface area contributed by atoms with Gasteiger partial charge in [-0.05, 0) is 24.6 Å². The van der Waals surface area contributed by atoms with E-state index in [0.29, 0.717) is 23.7 Å². The summed E-state index contributed by atoms with van der Waals surface area (Å²) in [5, 5.41) is 0. The Balaban J connectivity index is 2.73. The summed E-state index contributed by atoms with van der Waals surface area (Å²) >= 11 is 0. The Labute approximate surface area is 110 Å². The number of hydrogen-bond donors (Lipinski definition) is 1. The first-order valence-electron chi connectivity index (χ1n) is 6.87. The molecule has 0 amide bonds. The minimum Gasteiger partial charge on any atom is -0.398 e. The van der Waals surface area contributed by atoms with E-state index >= 15 is 0 Å². The summed E-state index contributed by atoms with van der Waals surface area (Å²) in [7, 11) is 0. The predicted octanol–water partition coefficient (Wildman–Crippen LogP) is 3.67. The fourth-order valence-electron chi connectivity index (χ4n) is 2.18. The molecule has 0 aromatic heterocycles. The van der Waals surface area contributed by atoms with Crippen molar-refractivity contribution in [3.05, 3.63) is 29.6 Å². The quantitative estimate of drug-likeness (QED) is 0.750. The smallest absolute Gasteiger partial charge is 0.129 e. The van der Waals surface area contributed by atoms with E-state index in [4.69, 9.17) is 5.73 Å². The number of anilines is 1. The van der Waals surface area contributed by atoms with Crippen LogP contribution in [0.25, 0.3) is 0 Å². The molecular formula is C15H25FN2. The number of rotatable bonds is 7. The zero-order valence-electron chi connectivity index (χ0n) is 11.7. The standard InChI is InChI=1S/C15H25FN2/c1-4-12(5-2)10-18(6-3)11-13-14(16)8-7-9-15(13)17/h7-9,12H,4-6,10-11,17H2,1-3H3. The molecule has 0 unspecified atom stereocenters. The van der Waals surface area contributed by atoms with Crippen LogP contribution in [-0.2, 0) is 6.54 Å². The summed E-state index contributed by atoms with van der Waals surface area (Å²) in [5.41, 5.74) is 7.04. The number of hydrogen-bond acceptors (Lipinski definition) is 2. The first-order chi connectivity index (χ1) is 8.62. The van der Waals surface area contributed by atoms with Gasteiger partial charge in [-0.1, -0.05) is 39.7 Å². The van der Waals surface area contributed by atoms with E-state index in [2.05, 4.69) is 25.7 Å². The SMILES string of the molecule is CCC(CC)CN(CC)Cc1c(N)cccc1F. The van der Waals surface area contributed by atoms with Crippen LogP contribution in [0.3, 0.4) is 0 Å². The zero-order valence-corrected chi connectivity index (χ0v) is 11.7. The first-order valence-corrected chi connectivity index (χ1v) is 6.87. The molecule has 0 radical (unpaired) electrons. The highest BCUT2D eigenvalue weighted by Crippen LogP contribution is 2.19. The summed E-state index contributed by atoms with van der Waals surface area (Å²) in [4.78, 5) is 2.27. The zero-order chi connectivity index (χ0) is 13.5. The van der Waals surface area contributed by atoms with E-state index in [1.165, 1.54) is 18.9 Å². The Morgan fingerprint density at radius 1 is 1.22 bits per heavy atom. The van der Waals surface area contributed by atoms with Gasteiger partial charge in [0.2, 0.25) is 0 Å². The second kappa shape index (κ2) is 7.37. The van der Waals surface area contributed by atoms with Crippen LogP contribution < -0.4 is 5.73 Å². The molecule has 2 N–H and O–H groups in total. The number of halogens is 1. The average molecular weight is 252 g/mol. The van der Waals surface area contributed by atoms with Gasteiger partial charge in [0.05, 0.1) is 0 Å². The van der Waals surface area contributed by atoms with Gasteiger partial charge < -0.3 is 5.73 Å². The van der Waals surface area contributed by atoms with Crippen LogP contribution in [0.5, 0.6) is 0 Å². The van der Waals surface area contributed by atoms with E-state index in [-0.39, 0.29) is 5.82 Å². The third-order valence-electron chi connectivity index (χ3n) is 3.66. The molecule has 102 valence electrons. The lowest BCUT2D eigenvalue weighted by molar-refractivity contribution is 0.224. The van der Waals surface area contributed by atoms with Gasteiger partial charge in [0, 0.05) is 24.3 Å². The van der Waals surface area contributed by atoms with Crippen molar-refractivity contribution in [3.63, 3.8) is 0 Å². The van der Waals surface area contributed by atoms with Crippen molar-refractivity contribution in [2.75, 3.05) is 18.8 Å². The van der Waals surface area contributed by atoms with E-state index in [1.54, 1.807) is 12.1 Å². The molecule has 0 spiro atoms. The van der Waals surface area contributed by atoms with Crippen molar-refractivity contribution >= 4 is 5.69 Å². The number of nitrogens with two attached hydrogens (primary N) is 1. The molecule has 1 aromatic carbocycles. The largest absolute Gasteiger partial charge is 0.398 e. The maximum Gasteiger partial charge on any atom is 0.129 e. The molecule has 0 aliphatic carbocycles. The molecule has 0 fully saturated rings. The van der Waals surface area contributed by atoms with Gasteiger partial charge in [-0.25, -0.2) is 4.39 Å². The summed E-state index contributed by atoms with van der Waals surface area (Å²) in [6, 6.07) is 4.91. The second-order valence-electron chi connectivity index (χ2n) is 4.82. The van der Waals surface area contributed by atoms with Crippen molar-refractivity contribution < 1.29 is 4.39 Å². The van der Waals surface area contributed by atoms with Gasteiger partial charge in [0.1, 0.15) is 5.82 Å². The van der Waals surface area contributed by atoms with Crippen molar-refractivity contribution in [2.24, 2.45) is 5.92 Å². The number of benzene rings is 1. The Bertz CT molecular complexity index is 341. The summed E-state index contributed by atoms with van der Waals surface area (Å²) in [6.45, 7) is 9.06. The monoisotopic (exact) mass is 252 g/mol. The van der Waals surface area contributed by atoms with E-state index in [1.807, 2.05) is 0 Å². The van der Waals surface area contributed by atoms with Gasteiger partial charge in [-0.15, -0.1) is 0 Å². The molecule has 2 nitrogen and oxygen atoms in total. The van der Waals surface area contributed by atoms with Crippen LogP contribution in [0, 0.1) is 11.7 Å². The molecular weight excluding hydrogens is 227 g/mol. The van der Waals surface area contributed by atoms with Gasteiger partial charge in [-0.2, -0.15) is 0 Å². The third kappa shape index (κ3) is 3.98. The van der Waals surface area contributed by atoms with Crippen LogP contribution in [0.15, 0.2) is 18.2 Å². The highest BCUT2D eigenvalue weighted by molar-refractivity contribution is 5.47. The normalized spacial score (nSPS) is 11.4. The van der Waals surface area contributed by atoms with Gasteiger partial charge in [-0.3, -0.25) is 4.90 Å². The lowest BCUT2D eigenvalue weighted by atomic mass is 10.0. The van der Waals surface area contributed by atoms with Crippen LogP contribution >= 0.6 is 0 Å². The fourth-order valence-corrected chi connectivity index (χ4v) is 2.18. The molecule has 0 aliphatic heterocycles. The Morgan fingerprint density at radius 3 is 2.39 bits per heavy atom. The summed E-state index contributed by atoms with van der Waals surface area (Å²) < 4.78 is 13.7. The lowest BCUT2D eigenvalue weighted by Gasteiger charge is -2.25. The van der Waals surface area contributed by atoms with Crippen LogP contribution in [0.1, 0.15) is 39.2 Å². The predicted molar refractivity (Wildman–Crippen MR) is 75.8 cm³/mol. The van der Waals surface area contributed by atoms with Crippen LogP contribution in [-0.4, -0.2) is 18.0 Å². The molecule has 0 bridgehead atoms. The second-order valence-corrected chi connectivity index (χ2v) is 4.82. The Kier molecular flexibility index (Phi) is 6.13. The van der Waals surface area contributed by atoms with Crippen LogP contribution in [0.2, 0.25) is 0 Å². The minimum atomic E-state index is -0.196. The average Bonchev–Trinajstić information content (AvgIpc) is 2.38. The van der Waals surface area contributed by atoms with Crippen molar-refractivity contribution in [2.45, 2.75) is 40.2 Å². The summed E-state index contributed by atoms with van der Waals surface area (Å²) in [6.07, 6.45) is 2.33. The van der Waals surface area contributed by atoms with Gasteiger partial charge >= 0.3 is 0 Å². The number of nitrogens with zero attached hydrogens (tertiary/aromatic N) is 1. The molecule has 0 aliphatic rings. The van der Waals surface area contributed by atoms with E-state index < -0.39 is 0 Å². The van der Waals surface area contributed by atoms with Crippen molar-refractivity contribution in [1.82, 2.24) is 4.90 Å². The molecule has 0 saturated carbocycles. The molecule has 0 saturated heterocycles. The Hall–Kier alpha value is -1.09. The third-order valence-corrected chi connectivity index (χ3v) is 3.66. The highest BCUT2D eigenvalue weighted by Gasteiger charge is 2.14. The van der Waals surface area contributed by atoms with Crippen LogP contribution in [0.4, 0.5) is 10.1 Å². The topological polar surface area (TPSA) is 29.3 Å². The van der Waals surface area contributed by atoms with Crippen molar-refractivity contribution in [3.8, 4) is 0 Å². The van der Waals surface area contributed by atoms with E-state index in [0.717, 1.165) is 13.1 Å². The molecule has 0 atom stereocenters. The highest BCUT2D eigenvalue weighted by atomic mass is 19.1. The van der Waals surface area contributed by atoms with Gasteiger partial charge in [0.15, 0.2) is 0 Å². The maximum atomic E-state index is 13.7. The summed E-state index contributed by atoms with van der Waals surface area (Å²) in [5.74, 6) is 0.482. The molecule has 3 heteroatoms. The molecule has 0 heterocycles. The number of nitrogen functional groups attached to an aromatic ring is 1. The molecule has 1 aromatic rings. The lowest BCUT2D eigenvalue weighted by Crippen LogP contribution is -2.29. The van der Waals surface area contributed by atoms with Crippen molar-refractivity contribution in [1.29, 1.82) is 0 Å². The maximum absolute atomic E-state index is 13.7. The van der Waals surface area contributed by atoms with E-state index in [9.17, 15) is 4.39 Å². The fraction of sp³-hybridized carbons (Fsp3) is 0.600. The van der Waals surface area contributed by atoms with Gasteiger partial charge in [0.25, 0.3) is 0 Å². The minimum absolute atomic E-state index is 0.196. The Morgan fingerprint density at radius 2 is 1.89 bits per heavy atom. The molecule has 1 rings (SSSR count). The first kappa shape index (κ1) is 15.0. The molecule has 18 heavy (non-hydrogen) atoms.